The van der Waals surface area contributed by atoms with Crippen LogP contribution in [0.3, 0.4) is 0 Å². The van der Waals surface area contributed by atoms with Gasteiger partial charge in [-0.25, -0.2) is 0 Å². The molecule has 1 aromatic carbocycles. The Morgan fingerprint density at radius 2 is 1.95 bits per heavy atom. The number of nitrogens with one attached hydrogen (secondary N) is 1. The highest BCUT2D eigenvalue weighted by atomic mass is 15.2. The first-order valence-electron chi connectivity index (χ1n) is 6.66. The van der Waals surface area contributed by atoms with Gasteiger partial charge in [-0.3, -0.25) is 4.98 Å². The van der Waals surface area contributed by atoms with Crippen molar-refractivity contribution in [3.63, 3.8) is 0 Å². The molecule has 2 aromatic rings. The second kappa shape index (κ2) is 5.27. The summed E-state index contributed by atoms with van der Waals surface area (Å²) in [5.74, 6) is 0. The summed E-state index contributed by atoms with van der Waals surface area (Å²) in [7, 11) is 6.25. The largest absolute Gasteiger partial charge is 0.311 e. The molecule has 0 amide bonds. The summed E-state index contributed by atoms with van der Waals surface area (Å²) in [6, 6.07) is 10.9. The third kappa shape index (κ3) is 2.62. The highest BCUT2D eigenvalue weighted by Crippen LogP contribution is 2.30. The van der Waals surface area contributed by atoms with Gasteiger partial charge < -0.3 is 10.2 Å². The minimum Gasteiger partial charge on any atom is -0.311 e. The third-order valence-electron chi connectivity index (χ3n) is 4.11. The van der Waals surface area contributed by atoms with Crippen LogP contribution in [0, 0.1) is 0 Å². The van der Waals surface area contributed by atoms with Crippen LogP contribution in [0.1, 0.15) is 25.5 Å². The summed E-state index contributed by atoms with van der Waals surface area (Å²) in [4.78, 5) is 6.63. The Morgan fingerprint density at radius 1 is 1.21 bits per heavy atom. The normalized spacial score (nSPS) is 14.0. The molecule has 0 saturated heterocycles. The number of hydrogen-bond acceptors (Lipinski definition) is 3. The molecule has 2 rings (SSSR count). The summed E-state index contributed by atoms with van der Waals surface area (Å²) in [6.07, 6.45) is 1.83. The second-order valence-corrected chi connectivity index (χ2v) is 5.73. The molecule has 102 valence electrons. The minimum absolute atomic E-state index is 0.0324. The third-order valence-corrected chi connectivity index (χ3v) is 4.11. The summed E-state index contributed by atoms with van der Waals surface area (Å²) in [5.41, 5.74) is 2.37. The van der Waals surface area contributed by atoms with Crippen molar-refractivity contribution in [1.82, 2.24) is 15.2 Å². The molecule has 0 fully saturated rings. The zero-order valence-electron chi connectivity index (χ0n) is 12.4. The van der Waals surface area contributed by atoms with E-state index in [1.54, 1.807) is 0 Å². The maximum Gasteiger partial charge on any atom is 0.0702 e. The molecule has 0 bridgehead atoms. The van der Waals surface area contributed by atoms with E-state index < -0.39 is 0 Å². The van der Waals surface area contributed by atoms with Crippen molar-refractivity contribution in [2.24, 2.45) is 0 Å². The van der Waals surface area contributed by atoms with Crippen molar-refractivity contribution in [2.75, 3.05) is 21.1 Å². The van der Waals surface area contributed by atoms with E-state index >= 15 is 0 Å². The zero-order chi connectivity index (χ0) is 14.0. The van der Waals surface area contributed by atoms with Crippen LogP contribution in [0.5, 0.6) is 0 Å². The SMILES string of the molecule is CNC(c1ccc2ncccc2c1)C(C)(C)N(C)C. The van der Waals surface area contributed by atoms with Crippen LogP contribution in [-0.2, 0) is 0 Å². The van der Waals surface area contributed by atoms with Crippen LogP contribution in [0.2, 0.25) is 0 Å². The van der Waals surface area contributed by atoms with E-state index in [1.165, 1.54) is 10.9 Å². The second-order valence-electron chi connectivity index (χ2n) is 5.73. The van der Waals surface area contributed by atoms with Crippen molar-refractivity contribution < 1.29 is 0 Å². The van der Waals surface area contributed by atoms with Crippen LogP contribution in [-0.4, -0.2) is 36.6 Å². The lowest BCUT2D eigenvalue weighted by Gasteiger charge is -2.40. The number of benzene rings is 1. The smallest absolute Gasteiger partial charge is 0.0702 e. The monoisotopic (exact) mass is 257 g/mol. The van der Waals surface area contributed by atoms with E-state index in [9.17, 15) is 0 Å². The van der Waals surface area contributed by atoms with Crippen molar-refractivity contribution in [3.8, 4) is 0 Å². The zero-order valence-corrected chi connectivity index (χ0v) is 12.4. The Morgan fingerprint density at radius 3 is 2.58 bits per heavy atom. The van der Waals surface area contributed by atoms with Crippen LogP contribution in [0.15, 0.2) is 36.5 Å². The van der Waals surface area contributed by atoms with E-state index in [0.29, 0.717) is 0 Å². The van der Waals surface area contributed by atoms with Gasteiger partial charge in [0.05, 0.1) is 5.52 Å². The first-order chi connectivity index (χ1) is 8.96. The maximum atomic E-state index is 4.37. The highest BCUT2D eigenvalue weighted by Gasteiger charge is 2.31. The van der Waals surface area contributed by atoms with Gasteiger partial charge in [-0.1, -0.05) is 12.1 Å². The van der Waals surface area contributed by atoms with E-state index in [0.717, 1.165) is 5.52 Å². The van der Waals surface area contributed by atoms with Crippen LogP contribution >= 0.6 is 0 Å². The Bertz CT molecular complexity index is 561. The molecule has 1 N–H and O–H groups in total. The lowest BCUT2D eigenvalue weighted by molar-refractivity contribution is 0.142. The molecule has 19 heavy (non-hydrogen) atoms. The van der Waals surface area contributed by atoms with Crippen molar-refractivity contribution >= 4 is 10.9 Å². The summed E-state index contributed by atoms with van der Waals surface area (Å²) >= 11 is 0. The highest BCUT2D eigenvalue weighted by molar-refractivity contribution is 5.79. The van der Waals surface area contributed by atoms with Crippen molar-refractivity contribution in [1.29, 1.82) is 0 Å². The molecule has 1 atom stereocenters. The van der Waals surface area contributed by atoms with Gasteiger partial charge in [0.2, 0.25) is 0 Å². The van der Waals surface area contributed by atoms with Gasteiger partial charge in [0, 0.05) is 23.2 Å². The average Bonchev–Trinajstić information content (AvgIpc) is 2.39. The van der Waals surface area contributed by atoms with Gasteiger partial charge in [-0.15, -0.1) is 0 Å². The molecule has 1 heterocycles. The fraction of sp³-hybridized carbons (Fsp3) is 0.438. The van der Waals surface area contributed by atoms with E-state index in [2.05, 4.69) is 67.4 Å². The molecular weight excluding hydrogens is 234 g/mol. The first-order valence-corrected chi connectivity index (χ1v) is 6.66. The number of aromatic nitrogens is 1. The van der Waals surface area contributed by atoms with E-state index in [4.69, 9.17) is 0 Å². The molecule has 0 aliphatic heterocycles. The van der Waals surface area contributed by atoms with Gasteiger partial charge in [0.15, 0.2) is 0 Å². The summed E-state index contributed by atoms with van der Waals surface area (Å²) in [5, 5.41) is 4.63. The molecular formula is C16H23N3. The van der Waals surface area contributed by atoms with Crippen LogP contribution < -0.4 is 5.32 Å². The summed E-state index contributed by atoms with van der Waals surface area (Å²) < 4.78 is 0. The molecule has 0 aliphatic carbocycles. The number of rotatable bonds is 4. The number of nitrogens with zero attached hydrogens (tertiary/aromatic N) is 2. The van der Waals surface area contributed by atoms with Crippen molar-refractivity contribution in [2.45, 2.75) is 25.4 Å². The van der Waals surface area contributed by atoms with Crippen molar-refractivity contribution in [3.05, 3.63) is 42.1 Å². The van der Waals surface area contributed by atoms with Crippen LogP contribution in [0.25, 0.3) is 10.9 Å². The lowest BCUT2D eigenvalue weighted by atomic mass is 9.87. The average molecular weight is 257 g/mol. The maximum absolute atomic E-state index is 4.37. The fourth-order valence-electron chi connectivity index (χ4n) is 2.46. The molecule has 0 saturated carbocycles. The molecule has 1 unspecified atom stereocenters. The Balaban J connectivity index is 2.46. The fourth-order valence-corrected chi connectivity index (χ4v) is 2.46. The standard InChI is InChI=1S/C16H23N3/c1-16(2,19(4)5)15(17-3)13-8-9-14-12(11-13)7-6-10-18-14/h6-11,15,17H,1-5H3. The topological polar surface area (TPSA) is 28.2 Å². The van der Waals surface area contributed by atoms with Gasteiger partial charge in [-0.2, -0.15) is 0 Å². The number of hydrogen-bond donors (Lipinski definition) is 1. The van der Waals surface area contributed by atoms with Gasteiger partial charge in [0.1, 0.15) is 0 Å². The number of fused-ring (bicyclic) bond motifs is 1. The summed E-state index contributed by atoms with van der Waals surface area (Å²) in [6.45, 7) is 4.50. The Labute approximate surface area is 115 Å². The Kier molecular flexibility index (Phi) is 3.88. The van der Waals surface area contributed by atoms with E-state index in [-0.39, 0.29) is 11.6 Å². The minimum atomic E-state index is 0.0324. The van der Waals surface area contributed by atoms with Gasteiger partial charge in [0.25, 0.3) is 0 Å². The van der Waals surface area contributed by atoms with Gasteiger partial charge in [-0.05, 0) is 58.8 Å². The number of likely N-dealkylation sites (N-methyl/N-ethyl adjacent to an activating group) is 2. The van der Waals surface area contributed by atoms with Crippen LogP contribution in [0.4, 0.5) is 0 Å². The quantitative estimate of drug-likeness (QED) is 0.913. The molecule has 0 radical (unpaired) electrons. The predicted octanol–water partition coefficient (Wildman–Crippen LogP) is 2.84. The predicted molar refractivity (Wildman–Crippen MR) is 81.3 cm³/mol. The van der Waals surface area contributed by atoms with Gasteiger partial charge >= 0.3 is 0 Å². The lowest BCUT2D eigenvalue weighted by Crippen LogP contribution is -2.48. The molecule has 3 nitrogen and oxygen atoms in total. The Hall–Kier alpha value is -1.45. The molecule has 1 aromatic heterocycles. The first kappa shape index (κ1) is 14.0. The molecule has 3 heteroatoms. The molecule has 0 spiro atoms. The van der Waals surface area contributed by atoms with E-state index in [1.807, 2.05) is 19.3 Å². The number of pyridine rings is 1. The molecule has 0 aliphatic rings.